The minimum atomic E-state index is -0.533. The molecule has 4 aliphatic rings. The second-order valence-electron chi connectivity index (χ2n) is 11.2. The molecule has 0 spiro atoms. The normalized spacial score (nSPS) is 48.7. The van der Waals surface area contributed by atoms with Crippen molar-refractivity contribution in [2.24, 2.45) is 40.4 Å². The van der Waals surface area contributed by atoms with Gasteiger partial charge >= 0.3 is 11.9 Å². The van der Waals surface area contributed by atoms with Gasteiger partial charge in [-0.25, -0.2) is 0 Å². The van der Waals surface area contributed by atoms with Crippen molar-refractivity contribution in [3.05, 3.63) is 0 Å². The van der Waals surface area contributed by atoms with E-state index in [1.54, 1.807) is 6.92 Å². The van der Waals surface area contributed by atoms with E-state index in [1.165, 1.54) is 13.8 Å². The molecule has 4 aliphatic carbocycles. The minimum Gasteiger partial charge on any atom is -0.463 e. The summed E-state index contributed by atoms with van der Waals surface area (Å²) < 4.78 is 11.5. The van der Waals surface area contributed by atoms with Gasteiger partial charge in [-0.2, -0.15) is 0 Å². The van der Waals surface area contributed by atoms with Crippen molar-refractivity contribution in [1.29, 1.82) is 0 Å². The molecule has 0 heterocycles. The summed E-state index contributed by atoms with van der Waals surface area (Å²) in [6, 6.07) is 0. The molecule has 4 rings (SSSR count). The lowest BCUT2D eigenvalue weighted by atomic mass is 9.43. The molecule has 6 nitrogen and oxygen atoms in total. The lowest BCUT2D eigenvalue weighted by Gasteiger charge is -2.63. The molecule has 0 aliphatic heterocycles. The Hall–Kier alpha value is -1.43. The van der Waals surface area contributed by atoms with E-state index < -0.39 is 11.5 Å². The fraction of sp³-hybridized carbons (Fsp3) is 0.880. The molecule has 4 fully saturated rings. The summed E-state index contributed by atoms with van der Waals surface area (Å²) in [6.45, 7) is 8.99. The second-order valence-corrected chi connectivity index (χ2v) is 11.2. The summed E-state index contributed by atoms with van der Waals surface area (Å²) >= 11 is 0. The summed E-state index contributed by atoms with van der Waals surface area (Å²) in [5, 5.41) is 11.4. The van der Waals surface area contributed by atoms with Crippen LogP contribution in [0.15, 0.2) is 0 Å². The number of esters is 2. The number of ketones is 1. The predicted molar refractivity (Wildman–Crippen MR) is 114 cm³/mol. The van der Waals surface area contributed by atoms with Gasteiger partial charge in [0.2, 0.25) is 0 Å². The van der Waals surface area contributed by atoms with E-state index in [0.29, 0.717) is 6.42 Å². The second kappa shape index (κ2) is 7.86. The van der Waals surface area contributed by atoms with Crippen LogP contribution in [0, 0.1) is 40.4 Å². The number of fused-ring (bicyclic) bond motifs is 5. The van der Waals surface area contributed by atoms with Crippen LogP contribution in [0.25, 0.3) is 0 Å². The molecule has 0 aromatic heterocycles. The van der Waals surface area contributed by atoms with Gasteiger partial charge in [-0.3, -0.25) is 14.4 Å². The van der Waals surface area contributed by atoms with Crippen molar-refractivity contribution in [2.45, 2.75) is 97.9 Å². The highest BCUT2D eigenvalue weighted by Gasteiger charge is 2.66. The van der Waals surface area contributed by atoms with Crippen LogP contribution in [-0.4, -0.2) is 41.1 Å². The summed E-state index contributed by atoms with van der Waals surface area (Å²) in [7, 11) is 0. The Morgan fingerprint density at radius 1 is 0.871 bits per heavy atom. The molecule has 0 aromatic carbocycles. The Morgan fingerprint density at radius 2 is 1.55 bits per heavy atom. The van der Waals surface area contributed by atoms with Crippen LogP contribution in [0.2, 0.25) is 0 Å². The zero-order valence-electron chi connectivity index (χ0n) is 19.6. The molecule has 31 heavy (non-hydrogen) atoms. The van der Waals surface area contributed by atoms with Gasteiger partial charge in [0.1, 0.15) is 18.0 Å². The predicted octanol–water partition coefficient (Wildman–Crippen LogP) is 3.68. The minimum absolute atomic E-state index is 0.00852. The van der Waals surface area contributed by atoms with Gasteiger partial charge in [0, 0.05) is 31.1 Å². The molecule has 6 heteroatoms. The van der Waals surface area contributed by atoms with Gasteiger partial charge in [0.05, 0.1) is 6.10 Å². The number of ether oxygens (including phenoxy) is 2. The van der Waals surface area contributed by atoms with Crippen molar-refractivity contribution < 1.29 is 29.0 Å². The first-order valence-electron chi connectivity index (χ1n) is 12.0. The number of rotatable bonds is 3. The highest BCUT2D eigenvalue weighted by Crippen LogP contribution is 2.68. The van der Waals surface area contributed by atoms with E-state index in [0.717, 1.165) is 38.5 Å². The van der Waals surface area contributed by atoms with E-state index >= 15 is 0 Å². The first-order valence-corrected chi connectivity index (χ1v) is 12.0. The van der Waals surface area contributed by atoms with Crippen LogP contribution < -0.4 is 0 Å². The molecule has 174 valence electrons. The number of aliphatic hydroxyl groups excluding tert-OH is 1. The SMILES string of the molecule is CC(=O)OC1CCC2(C)C(C1)CC(OC(C)=O)C1C2CC(O)C2(C)C(C(C)=O)CCC12. The van der Waals surface area contributed by atoms with Gasteiger partial charge in [-0.05, 0) is 75.0 Å². The Morgan fingerprint density at radius 3 is 2.16 bits per heavy atom. The Balaban J connectivity index is 1.69. The summed E-state index contributed by atoms with van der Waals surface area (Å²) in [4.78, 5) is 36.0. The van der Waals surface area contributed by atoms with E-state index in [-0.39, 0.29) is 64.9 Å². The van der Waals surface area contributed by atoms with Crippen LogP contribution in [-0.2, 0) is 23.9 Å². The summed E-state index contributed by atoms with van der Waals surface area (Å²) in [5.41, 5.74) is -0.446. The molecule has 0 radical (unpaired) electrons. The zero-order chi connectivity index (χ0) is 22.7. The third kappa shape index (κ3) is 3.53. The van der Waals surface area contributed by atoms with Crippen LogP contribution in [0.3, 0.4) is 0 Å². The van der Waals surface area contributed by atoms with E-state index in [2.05, 4.69) is 13.8 Å². The zero-order valence-corrected chi connectivity index (χ0v) is 19.6. The molecule has 0 amide bonds. The fourth-order valence-electron chi connectivity index (χ4n) is 8.47. The quantitative estimate of drug-likeness (QED) is 0.682. The van der Waals surface area contributed by atoms with Crippen molar-refractivity contribution in [3.8, 4) is 0 Å². The van der Waals surface area contributed by atoms with E-state index in [4.69, 9.17) is 9.47 Å². The maximum Gasteiger partial charge on any atom is 0.302 e. The third-order valence-corrected chi connectivity index (χ3v) is 9.86. The lowest BCUT2D eigenvalue weighted by molar-refractivity contribution is -0.215. The number of hydrogen-bond donors (Lipinski definition) is 1. The molecular formula is C25H38O6. The van der Waals surface area contributed by atoms with Gasteiger partial charge < -0.3 is 14.6 Å². The van der Waals surface area contributed by atoms with Crippen molar-refractivity contribution in [3.63, 3.8) is 0 Å². The summed E-state index contributed by atoms with van der Waals surface area (Å²) in [6.07, 6.45) is 4.84. The van der Waals surface area contributed by atoms with Crippen molar-refractivity contribution in [1.82, 2.24) is 0 Å². The molecule has 1 N–H and O–H groups in total. The maximum absolute atomic E-state index is 12.4. The third-order valence-electron chi connectivity index (χ3n) is 9.86. The molecule has 0 aromatic rings. The monoisotopic (exact) mass is 434 g/mol. The van der Waals surface area contributed by atoms with Crippen LogP contribution in [0.1, 0.15) is 79.6 Å². The smallest absolute Gasteiger partial charge is 0.302 e. The van der Waals surface area contributed by atoms with Crippen LogP contribution in [0.5, 0.6) is 0 Å². The van der Waals surface area contributed by atoms with E-state index in [9.17, 15) is 19.5 Å². The number of Topliss-reactive ketones (excluding diaryl/α,β-unsaturated/α-hetero) is 1. The topological polar surface area (TPSA) is 89.9 Å². The highest BCUT2D eigenvalue weighted by atomic mass is 16.5. The van der Waals surface area contributed by atoms with E-state index in [1.807, 2.05) is 0 Å². The maximum atomic E-state index is 12.4. The largest absolute Gasteiger partial charge is 0.463 e. The number of carbonyl (C=O) groups excluding carboxylic acids is 3. The Bertz CT molecular complexity index is 763. The molecule has 4 saturated carbocycles. The molecule has 10 unspecified atom stereocenters. The van der Waals surface area contributed by atoms with Crippen LogP contribution >= 0.6 is 0 Å². The van der Waals surface area contributed by atoms with Gasteiger partial charge in [0.25, 0.3) is 0 Å². The lowest BCUT2D eigenvalue weighted by Crippen LogP contribution is -2.63. The van der Waals surface area contributed by atoms with Gasteiger partial charge in [-0.15, -0.1) is 0 Å². The Kier molecular flexibility index (Phi) is 5.77. The summed E-state index contributed by atoms with van der Waals surface area (Å²) in [5.74, 6) is 0.351. The van der Waals surface area contributed by atoms with Gasteiger partial charge in [-0.1, -0.05) is 13.8 Å². The molecule has 0 bridgehead atoms. The number of aliphatic hydroxyl groups is 1. The van der Waals surface area contributed by atoms with Crippen molar-refractivity contribution in [2.75, 3.05) is 0 Å². The molecule has 0 saturated heterocycles. The molecule has 10 atom stereocenters. The first-order chi connectivity index (χ1) is 14.5. The molecular weight excluding hydrogens is 396 g/mol. The standard InChI is InChI=1S/C25H38O6/c1-13(26)18-6-7-19-23-20(12-22(29)25(18,19)5)24(4)9-8-17(30-14(2)27)10-16(24)11-21(23)31-15(3)28/h16-23,29H,6-12H2,1-5H3. The number of hydrogen-bond acceptors (Lipinski definition) is 6. The average Bonchev–Trinajstić information content (AvgIpc) is 3.01. The average molecular weight is 435 g/mol. The highest BCUT2D eigenvalue weighted by molar-refractivity contribution is 5.79. The first kappa shape index (κ1) is 22.8. The fourth-order valence-corrected chi connectivity index (χ4v) is 8.47. The van der Waals surface area contributed by atoms with Gasteiger partial charge in [0.15, 0.2) is 0 Å². The Labute approximate surface area is 185 Å². The number of carbonyl (C=O) groups is 3. The van der Waals surface area contributed by atoms with Crippen LogP contribution in [0.4, 0.5) is 0 Å². The van der Waals surface area contributed by atoms with Crippen molar-refractivity contribution >= 4 is 17.7 Å².